The van der Waals surface area contributed by atoms with Gasteiger partial charge in [0.15, 0.2) is 5.79 Å². The van der Waals surface area contributed by atoms with Crippen LogP contribution in [-0.2, 0) is 16.5 Å². The quantitative estimate of drug-likeness (QED) is 0.875. The van der Waals surface area contributed by atoms with Crippen LogP contribution in [0.3, 0.4) is 0 Å². The highest BCUT2D eigenvalue weighted by molar-refractivity contribution is 5.90. The summed E-state index contributed by atoms with van der Waals surface area (Å²) in [5.74, 6) is 0.542. The Bertz CT molecular complexity index is 660. The predicted octanol–water partition coefficient (Wildman–Crippen LogP) is 3.28. The average molecular weight is 287 g/mol. The fourth-order valence-corrected chi connectivity index (χ4v) is 3.92. The van der Waals surface area contributed by atoms with E-state index in [1.807, 2.05) is 13.1 Å². The van der Waals surface area contributed by atoms with Gasteiger partial charge in [0.1, 0.15) is 5.75 Å². The standard InChI is InChI=1S/C17H21NO3/c1-18-11-13(16-14(18)3-2-4-15(16)19)12-5-7-17(8-6-12)20-9-10-21-17/h2-4,11-12,19H,5-10H2,1H3. The van der Waals surface area contributed by atoms with Gasteiger partial charge in [-0.2, -0.15) is 0 Å². The second-order valence-electron chi connectivity index (χ2n) is 6.25. The third-order valence-corrected chi connectivity index (χ3v) is 5.02. The molecule has 2 aliphatic rings. The van der Waals surface area contributed by atoms with E-state index in [2.05, 4.69) is 16.8 Å². The molecule has 4 nitrogen and oxygen atoms in total. The number of phenolic OH excluding ortho intramolecular Hbond substituents is 1. The van der Waals surface area contributed by atoms with E-state index >= 15 is 0 Å². The molecule has 4 heteroatoms. The van der Waals surface area contributed by atoms with Crippen LogP contribution in [0.1, 0.15) is 37.2 Å². The number of rotatable bonds is 1. The number of fused-ring (bicyclic) bond motifs is 1. The number of hydrogen-bond acceptors (Lipinski definition) is 3. The molecule has 1 N–H and O–H groups in total. The molecule has 1 aliphatic carbocycles. The molecule has 0 unspecified atom stereocenters. The summed E-state index contributed by atoms with van der Waals surface area (Å²) in [7, 11) is 2.04. The summed E-state index contributed by atoms with van der Waals surface area (Å²) in [5.41, 5.74) is 2.36. The second kappa shape index (κ2) is 4.75. The largest absolute Gasteiger partial charge is 0.507 e. The van der Waals surface area contributed by atoms with E-state index in [1.54, 1.807) is 6.07 Å². The molecule has 1 saturated heterocycles. The molecule has 1 aliphatic heterocycles. The number of hydrogen-bond donors (Lipinski definition) is 1. The van der Waals surface area contributed by atoms with Crippen molar-refractivity contribution in [2.75, 3.05) is 13.2 Å². The second-order valence-corrected chi connectivity index (χ2v) is 6.25. The van der Waals surface area contributed by atoms with E-state index in [4.69, 9.17) is 9.47 Å². The van der Waals surface area contributed by atoms with Crippen molar-refractivity contribution in [1.29, 1.82) is 0 Å². The monoisotopic (exact) mass is 287 g/mol. The minimum Gasteiger partial charge on any atom is -0.507 e. The van der Waals surface area contributed by atoms with Crippen molar-refractivity contribution < 1.29 is 14.6 Å². The Labute approximate surface area is 124 Å². The van der Waals surface area contributed by atoms with Crippen LogP contribution in [0.25, 0.3) is 10.9 Å². The number of benzene rings is 1. The zero-order valence-corrected chi connectivity index (χ0v) is 12.3. The van der Waals surface area contributed by atoms with Gasteiger partial charge in [-0.15, -0.1) is 0 Å². The van der Waals surface area contributed by atoms with Crippen molar-refractivity contribution in [3.05, 3.63) is 30.0 Å². The Balaban J connectivity index is 1.66. The molecule has 2 fully saturated rings. The van der Waals surface area contributed by atoms with Crippen LogP contribution in [0.5, 0.6) is 5.75 Å². The maximum absolute atomic E-state index is 10.2. The number of aromatic nitrogens is 1. The maximum Gasteiger partial charge on any atom is 0.168 e. The van der Waals surface area contributed by atoms with Crippen molar-refractivity contribution in [1.82, 2.24) is 4.57 Å². The molecule has 0 atom stereocenters. The first-order valence-electron chi connectivity index (χ1n) is 7.73. The van der Waals surface area contributed by atoms with E-state index in [9.17, 15) is 5.11 Å². The van der Waals surface area contributed by atoms with E-state index in [1.165, 1.54) is 5.56 Å². The zero-order chi connectivity index (χ0) is 14.4. The summed E-state index contributed by atoms with van der Waals surface area (Å²) in [4.78, 5) is 0. The Hall–Kier alpha value is -1.52. The SMILES string of the molecule is Cn1cc(C2CCC3(CC2)OCCO3)c2c(O)cccc21. The number of phenols is 1. The zero-order valence-electron chi connectivity index (χ0n) is 12.3. The molecule has 1 aromatic carbocycles. The van der Waals surface area contributed by atoms with E-state index in [-0.39, 0.29) is 5.79 Å². The minimum atomic E-state index is -0.316. The molecule has 112 valence electrons. The van der Waals surface area contributed by atoms with Crippen LogP contribution in [0.2, 0.25) is 0 Å². The number of aryl methyl sites for hydroxylation is 1. The summed E-state index contributed by atoms with van der Waals surface area (Å²) in [6.07, 6.45) is 6.16. The summed E-state index contributed by atoms with van der Waals surface area (Å²) >= 11 is 0. The van der Waals surface area contributed by atoms with Gasteiger partial charge in [-0.25, -0.2) is 0 Å². The topological polar surface area (TPSA) is 43.6 Å². The lowest BCUT2D eigenvalue weighted by Gasteiger charge is -2.35. The first-order valence-corrected chi connectivity index (χ1v) is 7.73. The molecule has 0 bridgehead atoms. The van der Waals surface area contributed by atoms with Crippen molar-refractivity contribution >= 4 is 10.9 Å². The molecular formula is C17H21NO3. The molecular weight excluding hydrogens is 266 g/mol. The van der Waals surface area contributed by atoms with Gasteiger partial charge >= 0.3 is 0 Å². The maximum atomic E-state index is 10.2. The Morgan fingerprint density at radius 3 is 2.62 bits per heavy atom. The van der Waals surface area contributed by atoms with Crippen LogP contribution in [0, 0.1) is 0 Å². The Morgan fingerprint density at radius 2 is 1.90 bits per heavy atom. The van der Waals surface area contributed by atoms with Gasteiger partial charge in [-0.1, -0.05) is 6.07 Å². The predicted molar refractivity (Wildman–Crippen MR) is 80.4 cm³/mol. The Morgan fingerprint density at radius 1 is 1.19 bits per heavy atom. The van der Waals surface area contributed by atoms with Gasteiger partial charge in [0.05, 0.1) is 18.7 Å². The van der Waals surface area contributed by atoms with Crippen LogP contribution in [-0.4, -0.2) is 28.7 Å². The minimum absolute atomic E-state index is 0.316. The fraction of sp³-hybridized carbons (Fsp3) is 0.529. The molecule has 2 aromatic rings. The molecule has 2 heterocycles. The number of aromatic hydroxyl groups is 1. The van der Waals surface area contributed by atoms with Gasteiger partial charge in [-0.3, -0.25) is 0 Å². The first-order chi connectivity index (χ1) is 10.2. The molecule has 1 aromatic heterocycles. The molecule has 1 spiro atoms. The summed E-state index contributed by atoms with van der Waals surface area (Å²) in [5, 5.41) is 11.2. The molecule has 0 radical (unpaired) electrons. The highest BCUT2D eigenvalue weighted by Gasteiger charge is 2.41. The molecule has 0 amide bonds. The highest BCUT2D eigenvalue weighted by atomic mass is 16.7. The number of ether oxygens (including phenoxy) is 2. The van der Waals surface area contributed by atoms with Gasteiger partial charge in [0.2, 0.25) is 0 Å². The fourth-order valence-electron chi connectivity index (χ4n) is 3.92. The molecule has 21 heavy (non-hydrogen) atoms. The summed E-state index contributed by atoms with van der Waals surface area (Å²) < 4.78 is 13.7. The normalized spacial score (nSPS) is 22.3. The first kappa shape index (κ1) is 13.2. The van der Waals surface area contributed by atoms with Gasteiger partial charge in [0, 0.05) is 31.5 Å². The third-order valence-electron chi connectivity index (χ3n) is 5.02. The molecule has 1 saturated carbocycles. The average Bonchev–Trinajstić information content (AvgIpc) is 3.07. The smallest absolute Gasteiger partial charge is 0.168 e. The van der Waals surface area contributed by atoms with Gasteiger partial charge in [0.25, 0.3) is 0 Å². The van der Waals surface area contributed by atoms with E-state index < -0.39 is 0 Å². The van der Waals surface area contributed by atoms with Gasteiger partial charge < -0.3 is 19.1 Å². The lowest BCUT2D eigenvalue weighted by atomic mass is 9.81. The lowest BCUT2D eigenvalue weighted by Crippen LogP contribution is -2.34. The lowest BCUT2D eigenvalue weighted by molar-refractivity contribution is -0.178. The number of nitrogens with zero attached hydrogens (tertiary/aromatic N) is 1. The van der Waals surface area contributed by atoms with Crippen molar-refractivity contribution in [2.45, 2.75) is 37.4 Å². The highest BCUT2D eigenvalue weighted by Crippen LogP contribution is 2.45. The third kappa shape index (κ3) is 2.05. The summed E-state index contributed by atoms with van der Waals surface area (Å²) in [6.45, 7) is 1.44. The molecule has 4 rings (SSSR count). The van der Waals surface area contributed by atoms with Crippen LogP contribution in [0.15, 0.2) is 24.4 Å². The van der Waals surface area contributed by atoms with E-state index in [0.717, 1.165) is 49.8 Å². The van der Waals surface area contributed by atoms with Crippen molar-refractivity contribution in [2.24, 2.45) is 7.05 Å². The van der Waals surface area contributed by atoms with Crippen LogP contribution < -0.4 is 0 Å². The van der Waals surface area contributed by atoms with Crippen molar-refractivity contribution in [3.63, 3.8) is 0 Å². The van der Waals surface area contributed by atoms with Crippen LogP contribution in [0.4, 0.5) is 0 Å². The van der Waals surface area contributed by atoms with Crippen LogP contribution >= 0.6 is 0 Å². The Kier molecular flexibility index (Phi) is 2.98. The summed E-state index contributed by atoms with van der Waals surface area (Å²) in [6, 6.07) is 5.74. The van der Waals surface area contributed by atoms with Gasteiger partial charge in [-0.05, 0) is 36.5 Å². The van der Waals surface area contributed by atoms with Crippen molar-refractivity contribution in [3.8, 4) is 5.75 Å². The van der Waals surface area contributed by atoms with E-state index in [0.29, 0.717) is 11.7 Å².